The van der Waals surface area contributed by atoms with Gasteiger partial charge in [-0.3, -0.25) is 4.68 Å². The van der Waals surface area contributed by atoms with Gasteiger partial charge in [0.1, 0.15) is 5.76 Å². The molecule has 0 N–H and O–H groups in total. The number of aryl methyl sites for hydroxylation is 1. The van der Waals surface area contributed by atoms with Crippen molar-refractivity contribution in [2.45, 2.75) is 44.2 Å². The minimum Gasteiger partial charge on any atom is -0.491 e. The summed E-state index contributed by atoms with van der Waals surface area (Å²) < 4.78 is 54.9. The third-order valence-electron chi connectivity index (χ3n) is 5.28. The van der Waals surface area contributed by atoms with Gasteiger partial charge < -0.3 is 9.15 Å². The van der Waals surface area contributed by atoms with E-state index >= 15 is 0 Å². The van der Waals surface area contributed by atoms with E-state index in [0.29, 0.717) is 12.4 Å². The van der Waals surface area contributed by atoms with Gasteiger partial charge in [0.2, 0.25) is 10.0 Å². The van der Waals surface area contributed by atoms with E-state index in [0.717, 1.165) is 42.3 Å². The first kappa shape index (κ1) is 20.6. The number of fused-ring (bicyclic) bond motifs is 1. The zero-order chi connectivity index (χ0) is 21.3. The lowest BCUT2D eigenvalue weighted by Crippen LogP contribution is -2.31. The number of nitrogens with zero attached hydrogens (tertiary/aromatic N) is 3. The van der Waals surface area contributed by atoms with Gasteiger partial charge in [-0.2, -0.15) is 9.40 Å². The number of benzene rings is 1. The van der Waals surface area contributed by atoms with E-state index in [1.54, 1.807) is 19.1 Å². The standard InChI is InChI=1S/C21H24FN3O4S/c1-3-28-21-10-9-16(12-18(21)22)30(26,27)25(13-15-6-5-11-29-15)14-19-17-7-4-8-20(17)24(2)23-19/h5-6,9-12H,3-4,7-8,13-14H2,1-2H3. The Balaban J connectivity index is 1.70. The number of hydrogen-bond acceptors (Lipinski definition) is 5. The van der Waals surface area contributed by atoms with Gasteiger partial charge in [-0.25, -0.2) is 12.8 Å². The average Bonchev–Trinajstić information content (AvgIpc) is 3.44. The molecule has 0 aliphatic heterocycles. The van der Waals surface area contributed by atoms with E-state index in [1.807, 2.05) is 11.7 Å². The monoisotopic (exact) mass is 433 g/mol. The third-order valence-corrected chi connectivity index (χ3v) is 7.07. The Morgan fingerprint density at radius 3 is 2.80 bits per heavy atom. The molecule has 2 heterocycles. The third kappa shape index (κ3) is 3.87. The van der Waals surface area contributed by atoms with Crippen molar-refractivity contribution in [3.8, 4) is 5.75 Å². The minimum absolute atomic E-state index is 0.0233. The summed E-state index contributed by atoms with van der Waals surface area (Å²) in [5, 5.41) is 4.55. The first-order chi connectivity index (χ1) is 14.4. The van der Waals surface area contributed by atoms with E-state index in [2.05, 4.69) is 5.10 Å². The Hall–Kier alpha value is -2.65. The second-order valence-electron chi connectivity index (χ2n) is 7.23. The van der Waals surface area contributed by atoms with Crippen molar-refractivity contribution in [2.24, 2.45) is 7.05 Å². The van der Waals surface area contributed by atoms with Gasteiger partial charge in [0, 0.05) is 12.7 Å². The molecule has 0 saturated heterocycles. The maximum absolute atomic E-state index is 14.4. The molecule has 0 amide bonds. The molecule has 0 unspecified atom stereocenters. The second-order valence-corrected chi connectivity index (χ2v) is 9.16. The van der Waals surface area contributed by atoms with Gasteiger partial charge in [-0.05, 0) is 62.1 Å². The predicted molar refractivity (Wildman–Crippen MR) is 108 cm³/mol. The van der Waals surface area contributed by atoms with Crippen LogP contribution in [-0.2, 0) is 43.0 Å². The molecule has 4 rings (SSSR count). The van der Waals surface area contributed by atoms with Crippen molar-refractivity contribution in [3.05, 3.63) is 65.1 Å². The summed E-state index contributed by atoms with van der Waals surface area (Å²) in [5.74, 6) is -0.191. The summed E-state index contributed by atoms with van der Waals surface area (Å²) in [7, 11) is -2.13. The lowest BCUT2D eigenvalue weighted by Gasteiger charge is -2.21. The Labute approximate surface area is 175 Å². The van der Waals surface area contributed by atoms with Crippen LogP contribution >= 0.6 is 0 Å². The Morgan fingerprint density at radius 1 is 1.27 bits per heavy atom. The van der Waals surface area contributed by atoms with Crippen LogP contribution in [0.5, 0.6) is 5.75 Å². The van der Waals surface area contributed by atoms with Gasteiger partial charge in [0.05, 0.1) is 36.5 Å². The summed E-state index contributed by atoms with van der Waals surface area (Å²) in [4.78, 5) is -0.136. The van der Waals surface area contributed by atoms with Crippen LogP contribution < -0.4 is 4.74 Å². The highest BCUT2D eigenvalue weighted by Crippen LogP contribution is 2.29. The Kier molecular flexibility index (Phi) is 5.66. The van der Waals surface area contributed by atoms with Crippen LogP contribution in [0.25, 0.3) is 0 Å². The van der Waals surface area contributed by atoms with Crippen molar-refractivity contribution in [2.75, 3.05) is 6.61 Å². The van der Waals surface area contributed by atoms with Gasteiger partial charge in [0.15, 0.2) is 11.6 Å². The molecular weight excluding hydrogens is 409 g/mol. The summed E-state index contributed by atoms with van der Waals surface area (Å²) in [6.07, 6.45) is 4.34. The van der Waals surface area contributed by atoms with E-state index in [4.69, 9.17) is 9.15 Å². The molecule has 1 aliphatic carbocycles. The molecule has 0 atom stereocenters. The summed E-state index contributed by atoms with van der Waals surface area (Å²) in [6.45, 7) is 2.13. The predicted octanol–water partition coefficient (Wildman–Crippen LogP) is 3.43. The molecule has 7 nitrogen and oxygen atoms in total. The molecule has 2 aromatic heterocycles. The molecule has 9 heteroatoms. The van der Waals surface area contributed by atoms with Crippen LogP contribution in [-0.4, -0.2) is 29.1 Å². The largest absolute Gasteiger partial charge is 0.491 e. The lowest BCUT2D eigenvalue weighted by molar-refractivity contribution is 0.320. The number of halogens is 1. The molecule has 1 aromatic carbocycles. The van der Waals surface area contributed by atoms with Gasteiger partial charge in [-0.1, -0.05) is 0 Å². The highest BCUT2D eigenvalue weighted by molar-refractivity contribution is 7.89. The van der Waals surface area contributed by atoms with Crippen LogP contribution in [0.3, 0.4) is 0 Å². The van der Waals surface area contributed by atoms with Crippen molar-refractivity contribution in [1.82, 2.24) is 14.1 Å². The van der Waals surface area contributed by atoms with Gasteiger partial charge >= 0.3 is 0 Å². The van der Waals surface area contributed by atoms with Crippen molar-refractivity contribution in [1.29, 1.82) is 0 Å². The summed E-state index contributed by atoms with van der Waals surface area (Å²) in [5.41, 5.74) is 2.98. The number of ether oxygens (including phenoxy) is 1. The highest BCUT2D eigenvalue weighted by atomic mass is 32.2. The quantitative estimate of drug-likeness (QED) is 0.544. The molecule has 0 fully saturated rings. The van der Waals surface area contributed by atoms with Crippen molar-refractivity contribution >= 4 is 10.0 Å². The van der Waals surface area contributed by atoms with Gasteiger partial charge in [0.25, 0.3) is 0 Å². The fourth-order valence-electron chi connectivity index (χ4n) is 3.86. The second kappa shape index (κ2) is 8.23. The minimum atomic E-state index is -4.01. The van der Waals surface area contributed by atoms with E-state index < -0.39 is 15.8 Å². The van der Waals surface area contributed by atoms with Gasteiger partial charge in [-0.15, -0.1) is 0 Å². The van der Waals surface area contributed by atoms with Crippen molar-refractivity contribution in [3.63, 3.8) is 0 Å². The first-order valence-corrected chi connectivity index (χ1v) is 11.3. The number of sulfonamides is 1. The molecular formula is C21H24FN3O4S. The average molecular weight is 434 g/mol. The van der Waals surface area contributed by atoms with Crippen LogP contribution in [0.1, 0.15) is 36.1 Å². The molecule has 30 heavy (non-hydrogen) atoms. The molecule has 160 valence electrons. The molecule has 1 aliphatic rings. The van der Waals surface area contributed by atoms with Crippen LogP contribution in [0, 0.1) is 5.82 Å². The molecule has 3 aromatic rings. The summed E-state index contributed by atoms with van der Waals surface area (Å²) in [6, 6.07) is 7.12. The van der Waals surface area contributed by atoms with Crippen LogP contribution in [0.4, 0.5) is 4.39 Å². The van der Waals surface area contributed by atoms with Crippen molar-refractivity contribution < 1.29 is 22.0 Å². The van der Waals surface area contributed by atoms with Crippen LogP contribution in [0.2, 0.25) is 0 Å². The molecule has 0 radical (unpaired) electrons. The SMILES string of the molecule is CCOc1ccc(S(=O)(=O)N(Cc2ccco2)Cc2nn(C)c3c2CCC3)cc1F. The maximum Gasteiger partial charge on any atom is 0.243 e. The lowest BCUT2D eigenvalue weighted by atomic mass is 10.2. The number of rotatable bonds is 8. The highest BCUT2D eigenvalue weighted by Gasteiger charge is 2.30. The number of aromatic nitrogens is 2. The molecule has 0 saturated carbocycles. The maximum atomic E-state index is 14.4. The Morgan fingerprint density at radius 2 is 2.10 bits per heavy atom. The fourth-order valence-corrected chi connectivity index (χ4v) is 5.24. The molecule has 0 spiro atoms. The molecule has 0 bridgehead atoms. The van der Waals surface area contributed by atoms with E-state index in [1.165, 1.54) is 22.7 Å². The topological polar surface area (TPSA) is 77.6 Å². The number of furan rings is 1. The van der Waals surface area contributed by atoms with E-state index in [9.17, 15) is 12.8 Å². The number of hydrogen-bond donors (Lipinski definition) is 0. The zero-order valence-corrected chi connectivity index (χ0v) is 17.8. The Bertz CT molecular complexity index is 1140. The summed E-state index contributed by atoms with van der Waals surface area (Å²) >= 11 is 0. The van der Waals surface area contributed by atoms with Crippen LogP contribution in [0.15, 0.2) is 45.9 Å². The fraction of sp³-hybridized carbons (Fsp3) is 0.381. The zero-order valence-electron chi connectivity index (χ0n) is 17.0. The normalized spacial score (nSPS) is 13.7. The smallest absolute Gasteiger partial charge is 0.243 e. The van der Waals surface area contributed by atoms with E-state index in [-0.39, 0.29) is 23.7 Å². The first-order valence-electron chi connectivity index (χ1n) is 9.88.